The Morgan fingerprint density at radius 2 is 2.26 bits per heavy atom. The van der Waals surface area contributed by atoms with Crippen LogP contribution in [-0.4, -0.2) is 15.3 Å². The number of carbonyl (C=O) groups excluding carboxylic acids is 1. The number of anilines is 1. The average molecular weight is 271 g/mol. The summed E-state index contributed by atoms with van der Waals surface area (Å²) in [5.74, 6) is -0.170. The Bertz CT molecular complexity index is 700. The third kappa shape index (κ3) is 2.24. The highest BCUT2D eigenvalue weighted by Gasteiger charge is 2.12. The second-order valence-corrected chi connectivity index (χ2v) is 5.06. The minimum absolute atomic E-state index is 0.170. The number of carbonyl (C=O) groups is 1. The SMILES string of the molecule is CCc1ccccc1NC(=O)c1cn2ccsc2n1. The molecular formula is C14H13N3OS. The van der Waals surface area contributed by atoms with Gasteiger partial charge in [-0.05, 0) is 18.1 Å². The normalized spacial score (nSPS) is 10.8. The van der Waals surface area contributed by atoms with E-state index in [1.54, 1.807) is 6.20 Å². The second kappa shape index (κ2) is 4.85. The number of aryl methyl sites for hydroxylation is 1. The lowest BCUT2D eigenvalue weighted by Crippen LogP contribution is -2.13. The summed E-state index contributed by atoms with van der Waals surface area (Å²) in [6, 6.07) is 7.82. The van der Waals surface area contributed by atoms with Crippen molar-refractivity contribution in [3.63, 3.8) is 0 Å². The van der Waals surface area contributed by atoms with Gasteiger partial charge in [0.1, 0.15) is 5.69 Å². The number of aromatic nitrogens is 2. The number of thiazole rings is 1. The molecule has 0 radical (unpaired) electrons. The molecular weight excluding hydrogens is 258 g/mol. The maximum absolute atomic E-state index is 12.2. The van der Waals surface area contributed by atoms with E-state index in [0.717, 1.165) is 22.6 Å². The van der Waals surface area contributed by atoms with Gasteiger partial charge in [0.25, 0.3) is 5.91 Å². The van der Waals surface area contributed by atoms with Gasteiger partial charge in [-0.25, -0.2) is 4.98 Å². The molecule has 1 N–H and O–H groups in total. The summed E-state index contributed by atoms with van der Waals surface area (Å²) in [4.78, 5) is 17.3. The van der Waals surface area contributed by atoms with Crippen molar-refractivity contribution < 1.29 is 4.79 Å². The minimum Gasteiger partial charge on any atom is -0.320 e. The van der Waals surface area contributed by atoms with Crippen molar-refractivity contribution in [2.75, 3.05) is 5.32 Å². The number of benzene rings is 1. The van der Waals surface area contributed by atoms with E-state index in [4.69, 9.17) is 0 Å². The third-order valence-corrected chi connectivity index (χ3v) is 3.74. The number of amides is 1. The Labute approximate surface area is 114 Å². The van der Waals surface area contributed by atoms with Crippen molar-refractivity contribution in [3.05, 3.63) is 53.3 Å². The van der Waals surface area contributed by atoms with Gasteiger partial charge >= 0.3 is 0 Å². The number of hydrogen-bond acceptors (Lipinski definition) is 3. The lowest BCUT2D eigenvalue weighted by molar-refractivity contribution is 0.102. The molecule has 0 aliphatic heterocycles. The van der Waals surface area contributed by atoms with Crippen LogP contribution in [0, 0.1) is 0 Å². The van der Waals surface area contributed by atoms with Crippen LogP contribution in [0.5, 0.6) is 0 Å². The zero-order valence-corrected chi connectivity index (χ0v) is 11.3. The molecule has 0 aliphatic rings. The number of nitrogens with zero attached hydrogens (tertiary/aromatic N) is 2. The van der Waals surface area contributed by atoms with Crippen LogP contribution < -0.4 is 5.32 Å². The van der Waals surface area contributed by atoms with E-state index < -0.39 is 0 Å². The van der Waals surface area contributed by atoms with E-state index in [1.807, 2.05) is 40.2 Å². The van der Waals surface area contributed by atoms with Crippen molar-refractivity contribution in [1.82, 2.24) is 9.38 Å². The van der Waals surface area contributed by atoms with Gasteiger partial charge in [-0.2, -0.15) is 0 Å². The smallest absolute Gasteiger partial charge is 0.275 e. The molecule has 1 aromatic carbocycles. The monoisotopic (exact) mass is 271 g/mol. The van der Waals surface area contributed by atoms with Crippen LogP contribution in [-0.2, 0) is 6.42 Å². The maximum atomic E-state index is 12.2. The first-order valence-electron chi connectivity index (χ1n) is 6.09. The van der Waals surface area contributed by atoms with Crippen LogP contribution in [0.2, 0.25) is 0 Å². The van der Waals surface area contributed by atoms with E-state index in [9.17, 15) is 4.79 Å². The van der Waals surface area contributed by atoms with Gasteiger partial charge < -0.3 is 5.32 Å². The summed E-state index contributed by atoms with van der Waals surface area (Å²) in [5.41, 5.74) is 2.42. The van der Waals surface area contributed by atoms with Crippen molar-refractivity contribution >= 4 is 27.9 Å². The molecule has 0 unspecified atom stereocenters. The molecule has 1 amide bonds. The molecule has 4 nitrogen and oxygen atoms in total. The van der Waals surface area contributed by atoms with Crippen LogP contribution in [0.4, 0.5) is 5.69 Å². The number of para-hydroxylation sites is 1. The van der Waals surface area contributed by atoms with Gasteiger partial charge in [0.15, 0.2) is 4.96 Å². The second-order valence-electron chi connectivity index (χ2n) is 4.18. The van der Waals surface area contributed by atoms with Crippen LogP contribution in [0.15, 0.2) is 42.0 Å². The highest BCUT2D eigenvalue weighted by atomic mass is 32.1. The van der Waals surface area contributed by atoms with E-state index in [1.165, 1.54) is 11.3 Å². The summed E-state index contributed by atoms with van der Waals surface area (Å²) in [5, 5.41) is 4.86. The van der Waals surface area contributed by atoms with E-state index >= 15 is 0 Å². The molecule has 3 rings (SSSR count). The summed E-state index contributed by atoms with van der Waals surface area (Å²) in [6.07, 6.45) is 4.52. The van der Waals surface area contributed by atoms with Crippen molar-refractivity contribution in [1.29, 1.82) is 0 Å². The molecule has 0 aliphatic carbocycles. The Morgan fingerprint density at radius 1 is 1.42 bits per heavy atom. The number of fused-ring (bicyclic) bond motifs is 1. The third-order valence-electron chi connectivity index (χ3n) is 2.97. The first-order valence-corrected chi connectivity index (χ1v) is 6.97. The number of hydrogen-bond donors (Lipinski definition) is 1. The molecule has 0 saturated carbocycles. The van der Waals surface area contributed by atoms with Crippen LogP contribution in [0.1, 0.15) is 23.0 Å². The van der Waals surface area contributed by atoms with Gasteiger partial charge in [0.05, 0.1) is 0 Å². The van der Waals surface area contributed by atoms with Gasteiger partial charge in [-0.3, -0.25) is 9.20 Å². The van der Waals surface area contributed by atoms with Crippen LogP contribution >= 0.6 is 11.3 Å². The Kier molecular flexibility index (Phi) is 3.05. The van der Waals surface area contributed by atoms with E-state index in [0.29, 0.717) is 5.69 Å². The van der Waals surface area contributed by atoms with Gasteiger partial charge in [-0.15, -0.1) is 11.3 Å². The molecule has 0 spiro atoms. The molecule has 0 bridgehead atoms. The topological polar surface area (TPSA) is 46.4 Å². The summed E-state index contributed by atoms with van der Waals surface area (Å²) in [6.45, 7) is 2.07. The van der Waals surface area contributed by atoms with Crippen LogP contribution in [0.25, 0.3) is 4.96 Å². The number of rotatable bonds is 3. The molecule has 0 saturated heterocycles. The molecule has 0 atom stereocenters. The van der Waals surface area contributed by atoms with Crippen molar-refractivity contribution in [3.8, 4) is 0 Å². The first kappa shape index (κ1) is 11.9. The Morgan fingerprint density at radius 3 is 3.05 bits per heavy atom. The molecule has 96 valence electrons. The first-order chi connectivity index (χ1) is 9.28. The predicted molar refractivity (Wildman–Crippen MR) is 76.8 cm³/mol. The molecule has 2 aromatic heterocycles. The highest BCUT2D eigenvalue weighted by Crippen LogP contribution is 2.17. The zero-order valence-electron chi connectivity index (χ0n) is 10.5. The van der Waals surface area contributed by atoms with Gasteiger partial charge in [0.2, 0.25) is 0 Å². The van der Waals surface area contributed by atoms with Crippen molar-refractivity contribution in [2.24, 2.45) is 0 Å². The number of imidazole rings is 1. The zero-order chi connectivity index (χ0) is 13.2. The fourth-order valence-corrected chi connectivity index (χ4v) is 2.67. The Hall–Kier alpha value is -2.14. The highest BCUT2D eigenvalue weighted by molar-refractivity contribution is 7.15. The standard InChI is InChI=1S/C14H13N3OS/c1-2-10-5-3-4-6-11(10)15-13(18)12-9-17-7-8-19-14(17)16-12/h3-9H,2H2,1H3,(H,15,18). The fourth-order valence-electron chi connectivity index (χ4n) is 1.97. The van der Waals surface area contributed by atoms with E-state index in [2.05, 4.69) is 17.2 Å². The van der Waals surface area contributed by atoms with E-state index in [-0.39, 0.29) is 5.91 Å². The number of nitrogens with one attached hydrogen (secondary N) is 1. The molecule has 0 fully saturated rings. The molecule has 2 heterocycles. The lowest BCUT2D eigenvalue weighted by Gasteiger charge is -2.07. The largest absolute Gasteiger partial charge is 0.320 e. The summed E-state index contributed by atoms with van der Waals surface area (Å²) >= 11 is 1.51. The molecule has 3 aromatic rings. The van der Waals surface area contributed by atoms with Crippen LogP contribution in [0.3, 0.4) is 0 Å². The maximum Gasteiger partial charge on any atom is 0.275 e. The predicted octanol–water partition coefficient (Wildman–Crippen LogP) is 3.21. The summed E-state index contributed by atoms with van der Waals surface area (Å²) < 4.78 is 1.85. The van der Waals surface area contributed by atoms with Crippen molar-refractivity contribution in [2.45, 2.75) is 13.3 Å². The Balaban J connectivity index is 1.86. The average Bonchev–Trinajstić information content (AvgIpc) is 3.00. The minimum atomic E-state index is -0.170. The lowest BCUT2D eigenvalue weighted by atomic mass is 10.1. The summed E-state index contributed by atoms with van der Waals surface area (Å²) in [7, 11) is 0. The van der Waals surface area contributed by atoms with Gasteiger partial charge in [-0.1, -0.05) is 25.1 Å². The fraction of sp³-hybridized carbons (Fsp3) is 0.143. The van der Waals surface area contributed by atoms with Gasteiger partial charge in [0, 0.05) is 23.5 Å². The quantitative estimate of drug-likeness (QED) is 0.795. The molecule has 5 heteroatoms. The molecule has 19 heavy (non-hydrogen) atoms.